The first kappa shape index (κ1) is 22.7. The lowest BCUT2D eigenvalue weighted by molar-refractivity contribution is 0.0998. The van der Waals surface area contributed by atoms with E-state index < -0.39 is 15.9 Å². The number of terminal acetylenes is 1. The molecule has 5 rings (SSSR count). The number of nitrogens with one attached hydrogen (secondary N) is 1. The van der Waals surface area contributed by atoms with Crippen molar-refractivity contribution in [3.8, 4) is 23.8 Å². The highest BCUT2D eigenvalue weighted by Gasteiger charge is 2.18. The summed E-state index contributed by atoms with van der Waals surface area (Å²) in [5.41, 5.74) is 2.40. The maximum atomic E-state index is 12.9. The Kier molecular flexibility index (Phi) is 5.80. The number of carbonyl (C=O) groups excluding carboxylic acids is 1. The predicted octanol–water partition coefficient (Wildman–Crippen LogP) is 3.92. The Morgan fingerprint density at radius 3 is 2.49 bits per heavy atom. The fourth-order valence-corrected chi connectivity index (χ4v) is 5.65. The maximum absolute atomic E-state index is 12.9. The number of anilines is 1. The summed E-state index contributed by atoms with van der Waals surface area (Å²) in [6, 6.07) is 16.3. The van der Waals surface area contributed by atoms with Gasteiger partial charge < -0.3 is 14.0 Å². The standard InChI is InChI=1S/C25H19N3O5S2/c1-3-12-28-20-13-21-22(33-15-32-21)14-23(20)34-25(28)26-24(29)17-6-8-18(9-7-17)27-35(30,31)19-10-4-16(2)5-11-19/h1,4-11,13-14,27H,12,15H2,2H3. The van der Waals surface area contributed by atoms with Gasteiger partial charge in [0.05, 0.1) is 21.7 Å². The number of rotatable bonds is 5. The monoisotopic (exact) mass is 505 g/mol. The molecule has 0 spiro atoms. The second-order valence-electron chi connectivity index (χ2n) is 7.76. The van der Waals surface area contributed by atoms with Crippen LogP contribution in [0.5, 0.6) is 11.5 Å². The maximum Gasteiger partial charge on any atom is 0.279 e. The summed E-state index contributed by atoms with van der Waals surface area (Å²) in [7, 11) is -3.74. The van der Waals surface area contributed by atoms with Crippen molar-refractivity contribution in [2.24, 2.45) is 4.99 Å². The van der Waals surface area contributed by atoms with Crippen LogP contribution in [0.25, 0.3) is 10.2 Å². The third-order valence-electron chi connectivity index (χ3n) is 5.34. The van der Waals surface area contributed by atoms with Crippen LogP contribution in [0.3, 0.4) is 0 Å². The third-order valence-corrected chi connectivity index (χ3v) is 7.78. The fraction of sp³-hybridized carbons (Fsp3) is 0.120. The molecule has 2 heterocycles. The van der Waals surface area contributed by atoms with Crippen molar-refractivity contribution in [2.75, 3.05) is 11.5 Å². The molecule has 0 bridgehead atoms. The molecule has 0 fully saturated rings. The van der Waals surface area contributed by atoms with E-state index in [1.54, 1.807) is 16.7 Å². The van der Waals surface area contributed by atoms with E-state index in [0.717, 1.165) is 15.8 Å². The smallest absolute Gasteiger partial charge is 0.279 e. The Bertz CT molecular complexity index is 1660. The molecule has 10 heteroatoms. The van der Waals surface area contributed by atoms with Crippen molar-refractivity contribution < 1.29 is 22.7 Å². The van der Waals surface area contributed by atoms with Crippen LogP contribution in [0, 0.1) is 19.3 Å². The van der Waals surface area contributed by atoms with Crippen LogP contribution in [0.4, 0.5) is 5.69 Å². The van der Waals surface area contributed by atoms with E-state index in [-0.39, 0.29) is 18.2 Å². The number of sulfonamides is 1. The minimum atomic E-state index is -3.74. The van der Waals surface area contributed by atoms with E-state index in [2.05, 4.69) is 15.6 Å². The number of ether oxygens (including phenoxy) is 2. The average Bonchev–Trinajstić information content (AvgIpc) is 3.42. The Balaban J connectivity index is 1.42. The van der Waals surface area contributed by atoms with Gasteiger partial charge in [0.15, 0.2) is 16.3 Å². The molecule has 176 valence electrons. The van der Waals surface area contributed by atoms with Gasteiger partial charge in [-0.3, -0.25) is 9.52 Å². The third kappa shape index (κ3) is 4.51. The summed E-state index contributed by atoms with van der Waals surface area (Å²) in [4.78, 5) is 17.8. The van der Waals surface area contributed by atoms with Crippen LogP contribution in [-0.4, -0.2) is 25.7 Å². The summed E-state index contributed by atoms with van der Waals surface area (Å²) >= 11 is 1.32. The van der Waals surface area contributed by atoms with Gasteiger partial charge in [-0.15, -0.1) is 6.42 Å². The summed E-state index contributed by atoms with van der Waals surface area (Å²) in [6.07, 6.45) is 5.55. The summed E-state index contributed by atoms with van der Waals surface area (Å²) in [5, 5.41) is 0. The van der Waals surface area contributed by atoms with E-state index >= 15 is 0 Å². The van der Waals surface area contributed by atoms with Crippen molar-refractivity contribution >= 4 is 43.2 Å². The predicted molar refractivity (Wildman–Crippen MR) is 133 cm³/mol. The number of fused-ring (bicyclic) bond motifs is 2. The molecule has 0 aliphatic carbocycles. The van der Waals surface area contributed by atoms with E-state index in [4.69, 9.17) is 15.9 Å². The Morgan fingerprint density at radius 1 is 1.11 bits per heavy atom. The van der Waals surface area contributed by atoms with Gasteiger partial charge in [0.1, 0.15) is 0 Å². The van der Waals surface area contributed by atoms with Crippen LogP contribution >= 0.6 is 11.3 Å². The molecule has 0 unspecified atom stereocenters. The largest absolute Gasteiger partial charge is 0.454 e. The van der Waals surface area contributed by atoms with Gasteiger partial charge in [0.25, 0.3) is 15.9 Å². The lowest BCUT2D eigenvalue weighted by Crippen LogP contribution is -2.16. The number of benzene rings is 3. The number of aromatic nitrogens is 1. The molecule has 4 aromatic rings. The van der Waals surface area contributed by atoms with Crippen molar-refractivity contribution in [1.29, 1.82) is 0 Å². The Hall–Kier alpha value is -4.07. The minimum absolute atomic E-state index is 0.155. The second-order valence-corrected chi connectivity index (χ2v) is 10.5. The quantitative estimate of drug-likeness (QED) is 0.415. The molecule has 1 amide bonds. The van der Waals surface area contributed by atoms with Gasteiger partial charge >= 0.3 is 0 Å². The molecule has 0 saturated heterocycles. The molecule has 8 nitrogen and oxygen atoms in total. The molecule has 0 radical (unpaired) electrons. The molecular formula is C25H19N3O5S2. The number of carbonyl (C=O) groups is 1. The Labute approximate surface area is 205 Å². The van der Waals surface area contributed by atoms with Crippen LogP contribution in [0.1, 0.15) is 15.9 Å². The van der Waals surface area contributed by atoms with Crippen molar-refractivity contribution in [2.45, 2.75) is 18.4 Å². The zero-order valence-corrected chi connectivity index (χ0v) is 20.2. The number of thiazole rings is 1. The summed E-state index contributed by atoms with van der Waals surface area (Å²) in [6.45, 7) is 2.27. The van der Waals surface area contributed by atoms with Gasteiger partial charge in [-0.1, -0.05) is 35.0 Å². The zero-order valence-electron chi connectivity index (χ0n) is 18.5. The normalized spacial score (nSPS) is 13.1. The first-order chi connectivity index (χ1) is 16.8. The van der Waals surface area contributed by atoms with E-state index in [0.29, 0.717) is 27.6 Å². The first-order valence-electron chi connectivity index (χ1n) is 10.5. The number of aryl methyl sites for hydroxylation is 1. The number of amides is 1. The summed E-state index contributed by atoms with van der Waals surface area (Å²) in [5.74, 6) is 3.36. The molecule has 1 aliphatic rings. The lowest BCUT2D eigenvalue weighted by atomic mass is 10.2. The Morgan fingerprint density at radius 2 is 1.80 bits per heavy atom. The van der Waals surface area contributed by atoms with Crippen molar-refractivity contribution in [3.05, 3.63) is 76.6 Å². The molecule has 1 aromatic heterocycles. The van der Waals surface area contributed by atoms with Gasteiger partial charge in [0.2, 0.25) is 6.79 Å². The van der Waals surface area contributed by atoms with E-state index in [1.807, 2.05) is 19.1 Å². The topological polar surface area (TPSA) is 99.0 Å². The van der Waals surface area contributed by atoms with Crippen molar-refractivity contribution in [1.82, 2.24) is 4.57 Å². The summed E-state index contributed by atoms with van der Waals surface area (Å²) < 4.78 is 41.2. The van der Waals surface area contributed by atoms with Crippen LogP contribution in [0.15, 0.2) is 70.6 Å². The van der Waals surface area contributed by atoms with Gasteiger partial charge in [-0.2, -0.15) is 4.99 Å². The molecule has 1 aliphatic heterocycles. The van der Waals surface area contributed by atoms with Crippen LogP contribution < -0.4 is 19.0 Å². The molecule has 35 heavy (non-hydrogen) atoms. The highest BCUT2D eigenvalue weighted by Crippen LogP contribution is 2.37. The number of hydrogen-bond donors (Lipinski definition) is 1. The van der Waals surface area contributed by atoms with E-state index in [1.165, 1.54) is 47.7 Å². The van der Waals surface area contributed by atoms with Gasteiger partial charge in [-0.05, 0) is 43.3 Å². The SMILES string of the molecule is C#CCn1c(=NC(=O)c2ccc(NS(=O)(=O)c3ccc(C)cc3)cc2)sc2cc3c(cc21)OCO3. The molecule has 1 N–H and O–H groups in total. The number of hydrogen-bond acceptors (Lipinski definition) is 6. The van der Waals surface area contributed by atoms with Gasteiger partial charge in [-0.25, -0.2) is 8.42 Å². The molecular weight excluding hydrogens is 486 g/mol. The van der Waals surface area contributed by atoms with Crippen LogP contribution in [0.2, 0.25) is 0 Å². The van der Waals surface area contributed by atoms with Crippen LogP contribution in [-0.2, 0) is 16.6 Å². The minimum Gasteiger partial charge on any atom is -0.454 e. The molecule has 3 aromatic carbocycles. The van der Waals surface area contributed by atoms with Crippen molar-refractivity contribution in [3.63, 3.8) is 0 Å². The number of nitrogens with zero attached hydrogens (tertiary/aromatic N) is 2. The molecule has 0 saturated carbocycles. The second kappa shape index (κ2) is 8.94. The lowest BCUT2D eigenvalue weighted by Gasteiger charge is -2.08. The fourth-order valence-electron chi connectivity index (χ4n) is 3.55. The van der Waals surface area contributed by atoms with E-state index in [9.17, 15) is 13.2 Å². The zero-order chi connectivity index (χ0) is 24.6. The first-order valence-corrected chi connectivity index (χ1v) is 12.8. The molecule has 0 atom stereocenters. The average molecular weight is 506 g/mol. The van der Waals surface area contributed by atoms with Gasteiger partial charge in [0, 0.05) is 23.4 Å². The highest BCUT2D eigenvalue weighted by molar-refractivity contribution is 7.92. The highest BCUT2D eigenvalue weighted by atomic mass is 32.2.